The highest BCUT2D eigenvalue weighted by molar-refractivity contribution is 5.60. The highest BCUT2D eigenvalue weighted by Gasteiger charge is 2.14. The van der Waals surface area contributed by atoms with Gasteiger partial charge in [0.25, 0.3) is 0 Å². The van der Waals surface area contributed by atoms with Gasteiger partial charge in [0.15, 0.2) is 0 Å². The number of aryl methyl sites for hydroxylation is 1. The molecule has 6 nitrogen and oxygen atoms in total. The van der Waals surface area contributed by atoms with Crippen molar-refractivity contribution in [1.29, 1.82) is 0 Å². The SMILES string of the molecule is Cc1cc(NCc2ccccc2)nc(Nc2ccc(N3CCN(C)CC3)cc2)n1. The van der Waals surface area contributed by atoms with Gasteiger partial charge in [-0.05, 0) is 43.8 Å². The van der Waals surface area contributed by atoms with E-state index in [1.807, 2.05) is 31.2 Å². The average molecular weight is 389 g/mol. The summed E-state index contributed by atoms with van der Waals surface area (Å²) in [5, 5.41) is 6.71. The van der Waals surface area contributed by atoms with Crippen LogP contribution in [-0.2, 0) is 6.54 Å². The molecule has 3 aromatic rings. The maximum Gasteiger partial charge on any atom is 0.229 e. The van der Waals surface area contributed by atoms with Crippen LogP contribution in [-0.4, -0.2) is 48.1 Å². The van der Waals surface area contributed by atoms with Crippen molar-refractivity contribution in [3.05, 3.63) is 71.9 Å². The zero-order valence-electron chi connectivity index (χ0n) is 17.1. The molecule has 0 spiro atoms. The lowest BCUT2D eigenvalue weighted by molar-refractivity contribution is 0.313. The van der Waals surface area contributed by atoms with Gasteiger partial charge in [-0.2, -0.15) is 4.98 Å². The van der Waals surface area contributed by atoms with Gasteiger partial charge in [-0.15, -0.1) is 0 Å². The molecule has 29 heavy (non-hydrogen) atoms. The van der Waals surface area contributed by atoms with E-state index in [2.05, 4.69) is 73.8 Å². The molecular formula is C23H28N6. The Bertz CT molecular complexity index is 918. The molecule has 150 valence electrons. The molecule has 4 rings (SSSR count). The summed E-state index contributed by atoms with van der Waals surface area (Å²) in [7, 11) is 2.18. The standard InChI is InChI=1S/C23H28N6/c1-18-16-22(24-17-19-6-4-3-5-7-19)27-23(25-18)26-20-8-10-21(11-9-20)29-14-12-28(2)13-15-29/h3-11,16H,12-15,17H2,1-2H3,(H2,24,25,26,27). The first kappa shape index (κ1) is 19.2. The molecule has 0 amide bonds. The van der Waals surface area contributed by atoms with E-state index in [0.29, 0.717) is 5.95 Å². The Morgan fingerprint density at radius 2 is 1.62 bits per heavy atom. The molecule has 1 aromatic heterocycles. The number of anilines is 4. The van der Waals surface area contributed by atoms with Crippen molar-refractivity contribution in [2.24, 2.45) is 0 Å². The third-order valence-electron chi connectivity index (χ3n) is 5.16. The fourth-order valence-electron chi connectivity index (χ4n) is 3.45. The van der Waals surface area contributed by atoms with Crippen LogP contribution < -0.4 is 15.5 Å². The first-order valence-corrected chi connectivity index (χ1v) is 10.1. The largest absolute Gasteiger partial charge is 0.369 e. The minimum Gasteiger partial charge on any atom is -0.369 e. The number of nitrogens with zero attached hydrogens (tertiary/aromatic N) is 4. The monoisotopic (exact) mass is 388 g/mol. The summed E-state index contributed by atoms with van der Waals surface area (Å²) in [5.74, 6) is 1.42. The summed E-state index contributed by atoms with van der Waals surface area (Å²) < 4.78 is 0. The first-order valence-electron chi connectivity index (χ1n) is 10.1. The van der Waals surface area contributed by atoms with E-state index in [-0.39, 0.29) is 0 Å². The average Bonchev–Trinajstić information content (AvgIpc) is 2.74. The second-order valence-corrected chi connectivity index (χ2v) is 7.52. The number of nitrogens with one attached hydrogen (secondary N) is 2. The minimum absolute atomic E-state index is 0.605. The number of benzene rings is 2. The summed E-state index contributed by atoms with van der Waals surface area (Å²) >= 11 is 0. The Morgan fingerprint density at radius 3 is 2.34 bits per heavy atom. The van der Waals surface area contributed by atoms with Gasteiger partial charge in [-0.3, -0.25) is 0 Å². The molecule has 2 heterocycles. The lowest BCUT2D eigenvalue weighted by Crippen LogP contribution is -2.44. The van der Waals surface area contributed by atoms with Crippen molar-refractivity contribution in [3.8, 4) is 0 Å². The molecule has 1 fully saturated rings. The van der Waals surface area contributed by atoms with E-state index >= 15 is 0 Å². The van der Waals surface area contributed by atoms with Gasteiger partial charge >= 0.3 is 0 Å². The molecule has 0 atom stereocenters. The van der Waals surface area contributed by atoms with Crippen LogP contribution in [0.1, 0.15) is 11.3 Å². The zero-order valence-corrected chi connectivity index (χ0v) is 17.1. The molecule has 0 unspecified atom stereocenters. The van der Waals surface area contributed by atoms with Crippen molar-refractivity contribution < 1.29 is 0 Å². The number of aromatic nitrogens is 2. The zero-order chi connectivity index (χ0) is 20.1. The molecule has 0 saturated carbocycles. The Kier molecular flexibility index (Phi) is 5.91. The number of hydrogen-bond donors (Lipinski definition) is 2. The molecule has 0 aliphatic carbocycles. The van der Waals surface area contributed by atoms with Crippen LogP contribution in [0.4, 0.5) is 23.1 Å². The second-order valence-electron chi connectivity index (χ2n) is 7.52. The number of rotatable bonds is 6. The van der Waals surface area contributed by atoms with E-state index in [1.165, 1.54) is 11.3 Å². The molecule has 2 N–H and O–H groups in total. The molecule has 0 bridgehead atoms. The Hall–Kier alpha value is -3.12. The van der Waals surface area contributed by atoms with Crippen molar-refractivity contribution in [1.82, 2.24) is 14.9 Å². The van der Waals surface area contributed by atoms with Gasteiger partial charge in [-0.1, -0.05) is 30.3 Å². The Labute approximate surface area is 172 Å². The molecule has 1 aliphatic heterocycles. The maximum absolute atomic E-state index is 4.62. The highest BCUT2D eigenvalue weighted by Crippen LogP contribution is 2.22. The van der Waals surface area contributed by atoms with Crippen LogP contribution in [0.25, 0.3) is 0 Å². The van der Waals surface area contributed by atoms with E-state index in [9.17, 15) is 0 Å². The summed E-state index contributed by atoms with van der Waals surface area (Å²) in [4.78, 5) is 13.9. The highest BCUT2D eigenvalue weighted by atomic mass is 15.2. The van der Waals surface area contributed by atoms with Crippen LogP contribution in [0.15, 0.2) is 60.7 Å². The molecule has 0 radical (unpaired) electrons. The second kappa shape index (κ2) is 8.92. The fourth-order valence-corrected chi connectivity index (χ4v) is 3.45. The summed E-state index contributed by atoms with van der Waals surface area (Å²) in [5.41, 5.74) is 4.39. The lowest BCUT2D eigenvalue weighted by atomic mass is 10.2. The third-order valence-corrected chi connectivity index (χ3v) is 5.16. The van der Waals surface area contributed by atoms with E-state index in [0.717, 1.165) is 49.9 Å². The van der Waals surface area contributed by atoms with E-state index in [1.54, 1.807) is 0 Å². The van der Waals surface area contributed by atoms with Crippen LogP contribution in [0.3, 0.4) is 0 Å². The fraction of sp³-hybridized carbons (Fsp3) is 0.304. The van der Waals surface area contributed by atoms with Gasteiger partial charge in [-0.25, -0.2) is 4.98 Å². The van der Waals surface area contributed by atoms with Crippen molar-refractivity contribution in [3.63, 3.8) is 0 Å². The van der Waals surface area contributed by atoms with Gasteiger partial charge in [0, 0.05) is 55.9 Å². The molecule has 6 heteroatoms. The summed E-state index contributed by atoms with van der Waals surface area (Å²) in [6, 6.07) is 20.8. The van der Waals surface area contributed by atoms with Crippen LogP contribution in [0.2, 0.25) is 0 Å². The molecule has 2 aromatic carbocycles. The van der Waals surface area contributed by atoms with Crippen LogP contribution in [0.5, 0.6) is 0 Å². The maximum atomic E-state index is 4.62. The van der Waals surface area contributed by atoms with Crippen LogP contribution in [0, 0.1) is 6.92 Å². The van der Waals surface area contributed by atoms with Crippen molar-refractivity contribution in [2.45, 2.75) is 13.5 Å². The number of piperazine rings is 1. The Balaban J connectivity index is 1.40. The normalized spacial score (nSPS) is 14.6. The number of likely N-dealkylation sites (N-methyl/N-ethyl adjacent to an activating group) is 1. The smallest absolute Gasteiger partial charge is 0.229 e. The third kappa shape index (κ3) is 5.23. The van der Waals surface area contributed by atoms with E-state index in [4.69, 9.17) is 0 Å². The van der Waals surface area contributed by atoms with Crippen LogP contribution >= 0.6 is 0 Å². The summed E-state index contributed by atoms with van der Waals surface area (Å²) in [6.07, 6.45) is 0. The van der Waals surface area contributed by atoms with Gasteiger partial charge < -0.3 is 20.4 Å². The topological polar surface area (TPSA) is 56.3 Å². The predicted octanol–water partition coefficient (Wildman–Crippen LogP) is 3.89. The van der Waals surface area contributed by atoms with Gasteiger partial charge in [0.05, 0.1) is 0 Å². The van der Waals surface area contributed by atoms with Crippen molar-refractivity contribution in [2.75, 3.05) is 48.8 Å². The van der Waals surface area contributed by atoms with Gasteiger partial charge in [0.2, 0.25) is 5.95 Å². The quantitative estimate of drug-likeness (QED) is 0.668. The lowest BCUT2D eigenvalue weighted by Gasteiger charge is -2.34. The molecule has 1 saturated heterocycles. The predicted molar refractivity (Wildman–Crippen MR) is 120 cm³/mol. The van der Waals surface area contributed by atoms with Crippen molar-refractivity contribution >= 4 is 23.1 Å². The van der Waals surface area contributed by atoms with Gasteiger partial charge in [0.1, 0.15) is 5.82 Å². The minimum atomic E-state index is 0.605. The summed E-state index contributed by atoms with van der Waals surface area (Å²) in [6.45, 7) is 7.07. The molecule has 1 aliphatic rings. The Morgan fingerprint density at radius 1 is 0.897 bits per heavy atom. The number of hydrogen-bond acceptors (Lipinski definition) is 6. The van der Waals surface area contributed by atoms with E-state index < -0.39 is 0 Å². The molecular weight excluding hydrogens is 360 g/mol. The first-order chi connectivity index (χ1) is 14.2.